The molecule has 4 aromatic rings. The molecular formula is C28H34O3Si. The molecule has 0 aliphatic rings. The summed E-state index contributed by atoms with van der Waals surface area (Å²) >= 11 is 0. The molecule has 0 N–H and O–H groups in total. The third kappa shape index (κ3) is 3.45. The molecule has 0 aliphatic heterocycles. The van der Waals surface area contributed by atoms with Crippen LogP contribution < -0.4 is 10.1 Å². The maximum Gasteiger partial charge on any atom is 0.344 e. The van der Waals surface area contributed by atoms with Gasteiger partial charge in [-0.2, -0.15) is 0 Å². The Hall–Kier alpha value is -2.59. The van der Waals surface area contributed by atoms with E-state index >= 15 is 0 Å². The van der Waals surface area contributed by atoms with E-state index in [9.17, 15) is 4.79 Å². The van der Waals surface area contributed by atoms with E-state index in [0.29, 0.717) is 27.6 Å². The van der Waals surface area contributed by atoms with Gasteiger partial charge < -0.3 is 8.84 Å². The summed E-state index contributed by atoms with van der Waals surface area (Å²) in [6, 6.07) is 16.4. The highest BCUT2D eigenvalue weighted by molar-refractivity contribution is 6.78. The largest absolute Gasteiger partial charge is 0.542 e. The summed E-state index contributed by atoms with van der Waals surface area (Å²) in [5.41, 5.74) is 2.93. The quantitative estimate of drug-likeness (QED) is 0.170. The molecule has 0 bridgehead atoms. The third-order valence-electron chi connectivity index (χ3n) is 7.16. The molecule has 0 atom stereocenters. The van der Waals surface area contributed by atoms with Crippen LogP contribution in [-0.4, -0.2) is 8.32 Å². The number of fused-ring (bicyclic) bond motifs is 5. The first-order chi connectivity index (χ1) is 15.2. The monoisotopic (exact) mass is 446 g/mol. The number of hydrogen-bond acceptors (Lipinski definition) is 3. The second-order valence-corrected chi connectivity index (χ2v) is 15.2. The molecule has 1 heterocycles. The Morgan fingerprint density at radius 3 is 2.00 bits per heavy atom. The van der Waals surface area contributed by atoms with Gasteiger partial charge in [0.1, 0.15) is 11.3 Å². The zero-order valence-electron chi connectivity index (χ0n) is 20.3. The Labute approximate surface area is 191 Å². The lowest BCUT2D eigenvalue weighted by Gasteiger charge is -2.42. The minimum absolute atomic E-state index is 0.281. The molecule has 0 aliphatic carbocycles. The number of benzene rings is 3. The van der Waals surface area contributed by atoms with Crippen molar-refractivity contribution < 1.29 is 8.84 Å². The fraction of sp³-hybridized carbons (Fsp3) is 0.393. The predicted octanol–water partition coefficient (Wildman–Crippen LogP) is 8.22. The van der Waals surface area contributed by atoms with E-state index in [1.54, 1.807) is 0 Å². The van der Waals surface area contributed by atoms with Crippen molar-refractivity contribution in [2.24, 2.45) is 0 Å². The standard InChI is InChI=1S/C28H34O3Si/c1-8-20-12-13-21-24-15-14-22-23(27(24)30-28(29)25(21)16-20)10-9-11-26(22)31-32(17(2)3,18(4)5)19(6)7/h9-19H,8H2,1-7H3. The Morgan fingerprint density at radius 2 is 1.38 bits per heavy atom. The summed E-state index contributed by atoms with van der Waals surface area (Å²) in [6.45, 7) is 15.9. The lowest BCUT2D eigenvalue weighted by atomic mass is 10.0. The van der Waals surface area contributed by atoms with Gasteiger partial charge in [0.15, 0.2) is 0 Å². The summed E-state index contributed by atoms with van der Waals surface area (Å²) in [4.78, 5) is 12.9. The minimum atomic E-state index is -2.11. The van der Waals surface area contributed by atoms with Crippen molar-refractivity contribution >= 4 is 40.8 Å². The van der Waals surface area contributed by atoms with Gasteiger partial charge in [-0.15, -0.1) is 0 Å². The van der Waals surface area contributed by atoms with Crippen LogP contribution in [-0.2, 0) is 6.42 Å². The van der Waals surface area contributed by atoms with Gasteiger partial charge >= 0.3 is 5.63 Å². The third-order valence-corrected chi connectivity index (χ3v) is 13.2. The molecule has 3 nitrogen and oxygen atoms in total. The van der Waals surface area contributed by atoms with E-state index in [0.717, 1.165) is 39.3 Å². The first kappa shape index (κ1) is 22.6. The van der Waals surface area contributed by atoms with Crippen LogP contribution in [0.4, 0.5) is 0 Å². The highest BCUT2D eigenvalue weighted by atomic mass is 28.4. The molecule has 4 rings (SSSR count). The Balaban J connectivity index is 1.98. The fourth-order valence-corrected chi connectivity index (χ4v) is 10.9. The molecule has 32 heavy (non-hydrogen) atoms. The van der Waals surface area contributed by atoms with E-state index in [4.69, 9.17) is 8.84 Å². The maximum atomic E-state index is 12.9. The Morgan fingerprint density at radius 1 is 0.781 bits per heavy atom. The summed E-state index contributed by atoms with van der Waals surface area (Å²) in [7, 11) is -2.11. The summed E-state index contributed by atoms with van der Waals surface area (Å²) in [5.74, 6) is 0.899. The van der Waals surface area contributed by atoms with Gasteiger partial charge in [0.05, 0.1) is 5.39 Å². The van der Waals surface area contributed by atoms with E-state index in [1.165, 1.54) is 0 Å². The smallest absolute Gasteiger partial charge is 0.344 e. The molecule has 3 aromatic carbocycles. The molecule has 0 radical (unpaired) electrons. The molecule has 0 saturated carbocycles. The minimum Gasteiger partial charge on any atom is -0.542 e. The highest BCUT2D eigenvalue weighted by Crippen LogP contribution is 2.44. The summed E-state index contributed by atoms with van der Waals surface area (Å²) < 4.78 is 12.9. The molecule has 0 amide bonds. The molecule has 0 unspecified atom stereocenters. The zero-order valence-corrected chi connectivity index (χ0v) is 21.3. The average Bonchev–Trinajstić information content (AvgIpc) is 2.76. The molecule has 4 heteroatoms. The lowest BCUT2D eigenvalue weighted by Crippen LogP contribution is -2.50. The van der Waals surface area contributed by atoms with Gasteiger partial charge in [0.25, 0.3) is 8.32 Å². The molecule has 168 valence electrons. The average molecular weight is 447 g/mol. The number of aryl methyl sites for hydroxylation is 1. The second-order valence-electron chi connectivity index (χ2n) is 9.84. The van der Waals surface area contributed by atoms with Crippen LogP contribution in [0.1, 0.15) is 54.0 Å². The van der Waals surface area contributed by atoms with Crippen LogP contribution in [0.3, 0.4) is 0 Å². The first-order valence-corrected chi connectivity index (χ1v) is 13.9. The van der Waals surface area contributed by atoms with Crippen LogP contribution in [0.15, 0.2) is 57.7 Å². The van der Waals surface area contributed by atoms with Gasteiger partial charge in [-0.05, 0) is 58.3 Å². The van der Waals surface area contributed by atoms with Crippen molar-refractivity contribution in [1.29, 1.82) is 0 Å². The van der Waals surface area contributed by atoms with E-state index in [-0.39, 0.29) is 5.63 Å². The Kier molecular flexibility index (Phi) is 5.93. The van der Waals surface area contributed by atoms with Crippen molar-refractivity contribution in [3.8, 4) is 5.75 Å². The molecule has 1 aromatic heterocycles. The molecule has 0 fully saturated rings. The lowest BCUT2D eigenvalue weighted by molar-refractivity contribution is 0.484. The van der Waals surface area contributed by atoms with Crippen molar-refractivity contribution in [2.45, 2.75) is 71.5 Å². The van der Waals surface area contributed by atoms with Crippen LogP contribution in [0.2, 0.25) is 16.6 Å². The number of hydrogen-bond donors (Lipinski definition) is 0. The van der Waals surface area contributed by atoms with Gasteiger partial charge in [-0.1, -0.05) is 72.7 Å². The summed E-state index contributed by atoms with van der Waals surface area (Å²) in [5, 5.41) is 4.49. The van der Waals surface area contributed by atoms with Crippen LogP contribution in [0, 0.1) is 0 Å². The van der Waals surface area contributed by atoms with Gasteiger partial charge in [0.2, 0.25) is 0 Å². The topological polar surface area (TPSA) is 39.4 Å². The fourth-order valence-electron chi connectivity index (χ4n) is 5.62. The van der Waals surface area contributed by atoms with E-state index < -0.39 is 8.32 Å². The molecule has 0 spiro atoms. The number of rotatable bonds is 6. The molecular weight excluding hydrogens is 412 g/mol. The predicted molar refractivity (Wildman–Crippen MR) is 139 cm³/mol. The van der Waals surface area contributed by atoms with Crippen molar-refractivity contribution in [2.75, 3.05) is 0 Å². The summed E-state index contributed by atoms with van der Waals surface area (Å²) in [6.07, 6.45) is 0.888. The van der Waals surface area contributed by atoms with E-state index in [1.807, 2.05) is 24.3 Å². The van der Waals surface area contributed by atoms with Gasteiger partial charge in [-0.3, -0.25) is 0 Å². The van der Waals surface area contributed by atoms with Crippen LogP contribution >= 0.6 is 0 Å². The van der Waals surface area contributed by atoms with Crippen LogP contribution in [0.5, 0.6) is 5.75 Å². The van der Waals surface area contributed by atoms with Gasteiger partial charge in [0, 0.05) is 16.2 Å². The first-order valence-electron chi connectivity index (χ1n) is 11.8. The second kappa shape index (κ2) is 8.40. The Bertz CT molecular complexity index is 1330. The van der Waals surface area contributed by atoms with Crippen LogP contribution in [0.25, 0.3) is 32.5 Å². The highest BCUT2D eigenvalue weighted by Gasteiger charge is 2.47. The van der Waals surface area contributed by atoms with Crippen molar-refractivity contribution in [3.05, 3.63) is 64.5 Å². The maximum absolute atomic E-state index is 12.9. The normalized spacial score (nSPS) is 12.7. The van der Waals surface area contributed by atoms with Crippen molar-refractivity contribution in [3.63, 3.8) is 0 Å². The van der Waals surface area contributed by atoms with Gasteiger partial charge in [-0.25, -0.2) is 4.79 Å². The van der Waals surface area contributed by atoms with Crippen molar-refractivity contribution in [1.82, 2.24) is 0 Å². The molecule has 0 saturated heterocycles. The SMILES string of the molecule is CCc1ccc2c(c1)c(=O)oc1c3cccc(O[Si](C(C)C)(C(C)C)C(C)C)c3ccc21. The zero-order chi connectivity index (χ0) is 23.2. The van der Waals surface area contributed by atoms with E-state index in [2.05, 4.69) is 72.7 Å².